The molecule has 12 atom stereocenters. The third-order valence-corrected chi connectivity index (χ3v) is 10.7. The van der Waals surface area contributed by atoms with Gasteiger partial charge in [0.15, 0.2) is 6.61 Å². The van der Waals surface area contributed by atoms with Crippen LogP contribution in [0.25, 0.3) is 0 Å². The molecule has 1 aliphatic carbocycles. The highest BCUT2D eigenvalue weighted by molar-refractivity contribution is 6.22. The summed E-state index contributed by atoms with van der Waals surface area (Å²) in [7, 11) is 1.73. The Balaban J connectivity index is 1.48. The standard InChI is InChI=1S/C35H54O8/c1-19-9-8-10-25(30(19)23(5)32(38)31-28(37)18-41-35(31)39)16-26(17-36)34-21(3)12-14-27(42-34)13-11-20(2)33-22(4)15-29(43-33)24(6)40-7/h11,13,16,19-25,27,29-30,33-34,36,38H,8-10,12,14-15,17-18H2,1-7H3/b13-11+,26-16+,32-31+/t19-,20+,21-,22+,23+,24+,25-,27-,29-,30-,33+,34-/m1/s1. The average molecular weight is 603 g/mol. The molecule has 3 heterocycles. The number of carbonyl (C=O) groups excluding carboxylic acids is 2. The van der Waals surface area contributed by atoms with Crippen molar-refractivity contribution >= 4 is 11.8 Å². The molecule has 0 aromatic heterocycles. The SMILES string of the molecule is CO[C@@H](C)[C@H]1C[C@H](C)[C@H]([C@@H](C)/C=C/[C@@H]2CC[C@@H](C)[C@H](/C(=C/[C@H]3CCC[C@@H](C)[C@@H]3[C@H](C)/C(O)=C3/C(=O)COC3=O)CO)O2)O1. The van der Waals surface area contributed by atoms with Crippen LogP contribution < -0.4 is 0 Å². The molecule has 0 radical (unpaired) electrons. The number of hydrogen-bond acceptors (Lipinski definition) is 8. The van der Waals surface area contributed by atoms with Crippen LogP contribution >= 0.6 is 0 Å². The monoisotopic (exact) mass is 602 g/mol. The van der Waals surface area contributed by atoms with Gasteiger partial charge in [0, 0.05) is 18.9 Å². The number of Topliss-reactive ketones (excluding diaryl/α,β-unsaturated/α-hetero) is 1. The van der Waals surface area contributed by atoms with Crippen molar-refractivity contribution in [1.29, 1.82) is 0 Å². The number of aliphatic hydroxyl groups is 2. The molecule has 0 amide bonds. The molecule has 8 heteroatoms. The minimum Gasteiger partial charge on any atom is -0.511 e. The van der Waals surface area contributed by atoms with Crippen LogP contribution in [0.1, 0.15) is 80.1 Å². The molecule has 242 valence electrons. The largest absolute Gasteiger partial charge is 0.511 e. The molecular formula is C35H54O8. The maximum atomic E-state index is 12.3. The van der Waals surface area contributed by atoms with Crippen molar-refractivity contribution < 1.29 is 38.7 Å². The van der Waals surface area contributed by atoms with E-state index in [0.717, 1.165) is 44.1 Å². The summed E-state index contributed by atoms with van der Waals surface area (Å²) in [6.45, 7) is 12.3. The molecule has 0 aromatic carbocycles. The molecule has 0 spiro atoms. The van der Waals surface area contributed by atoms with Gasteiger partial charge in [0.1, 0.15) is 11.3 Å². The number of hydrogen-bond donors (Lipinski definition) is 2. The summed E-state index contributed by atoms with van der Waals surface area (Å²) in [6, 6.07) is 0. The van der Waals surface area contributed by atoms with Gasteiger partial charge in [-0.3, -0.25) is 4.79 Å². The van der Waals surface area contributed by atoms with Gasteiger partial charge in [-0.1, -0.05) is 65.7 Å². The number of cyclic esters (lactones) is 1. The van der Waals surface area contributed by atoms with E-state index in [-0.39, 0.29) is 84.7 Å². The predicted octanol–water partition coefficient (Wildman–Crippen LogP) is 5.74. The van der Waals surface area contributed by atoms with E-state index in [4.69, 9.17) is 18.9 Å². The van der Waals surface area contributed by atoms with E-state index in [1.54, 1.807) is 7.11 Å². The van der Waals surface area contributed by atoms with E-state index in [2.05, 4.69) is 52.8 Å². The highest BCUT2D eigenvalue weighted by Crippen LogP contribution is 2.44. The number of esters is 1. The molecule has 8 nitrogen and oxygen atoms in total. The molecule has 4 aliphatic rings. The summed E-state index contributed by atoms with van der Waals surface area (Å²) in [5, 5.41) is 21.6. The quantitative estimate of drug-likeness (QED) is 0.107. The lowest BCUT2D eigenvalue weighted by atomic mass is 9.66. The zero-order valence-corrected chi connectivity index (χ0v) is 27.2. The van der Waals surface area contributed by atoms with E-state index in [0.29, 0.717) is 5.92 Å². The zero-order chi connectivity index (χ0) is 31.4. The van der Waals surface area contributed by atoms with Gasteiger partial charge in [-0.25, -0.2) is 4.79 Å². The predicted molar refractivity (Wildman–Crippen MR) is 164 cm³/mol. The van der Waals surface area contributed by atoms with Crippen LogP contribution in [-0.2, 0) is 28.5 Å². The summed E-state index contributed by atoms with van der Waals surface area (Å²) in [5.41, 5.74) is 0.673. The number of carbonyl (C=O) groups is 2. The number of methoxy groups -OCH3 is 1. The Bertz CT molecular complexity index is 1060. The normalized spacial score (nSPS) is 39.2. The van der Waals surface area contributed by atoms with Gasteiger partial charge in [-0.05, 0) is 67.8 Å². The van der Waals surface area contributed by atoms with Crippen LogP contribution in [0.15, 0.2) is 35.1 Å². The Hall–Kier alpha value is -2.00. The Labute approximate surface area is 257 Å². The first-order valence-electron chi connectivity index (χ1n) is 16.4. The lowest BCUT2D eigenvalue weighted by Gasteiger charge is -2.41. The number of ether oxygens (including phenoxy) is 4. The topological polar surface area (TPSA) is 112 Å². The summed E-state index contributed by atoms with van der Waals surface area (Å²) in [6.07, 6.45) is 12.5. The third-order valence-electron chi connectivity index (χ3n) is 10.7. The molecule has 0 unspecified atom stereocenters. The maximum Gasteiger partial charge on any atom is 0.345 e. The van der Waals surface area contributed by atoms with E-state index in [9.17, 15) is 19.8 Å². The molecule has 3 saturated heterocycles. The lowest BCUT2D eigenvalue weighted by Crippen LogP contribution is -2.37. The van der Waals surface area contributed by atoms with Crippen molar-refractivity contribution in [3.8, 4) is 0 Å². The van der Waals surface area contributed by atoms with E-state index in [1.165, 1.54) is 0 Å². The Morgan fingerprint density at radius 2 is 1.77 bits per heavy atom. The van der Waals surface area contributed by atoms with Crippen LogP contribution in [0.3, 0.4) is 0 Å². The van der Waals surface area contributed by atoms with Crippen molar-refractivity contribution in [3.05, 3.63) is 35.1 Å². The molecule has 1 saturated carbocycles. The number of aliphatic hydroxyl groups excluding tert-OH is 2. The molecule has 2 N–H and O–H groups in total. The summed E-state index contributed by atoms with van der Waals surface area (Å²) in [5.74, 6) is -0.447. The van der Waals surface area contributed by atoms with Crippen LogP contribution in [-0.4, -0.2) is 72.8 Å². The molecule has 0 bridgehead atoms. The lowest BCUT2D eigenvalue weighted by molar-refractivity contribution is -0.135. The third kappa shape index (κ3) is 7.63. The van der Waals surface area contributed by atoms with E-state index in [1.807, 2.05) is 6.92 Å². The first-order valence-corrected chi connectivity index (χ1v) is 16.4. The number of rotatable bonds is 10. The average Bonchev–Trinajstić information content (AvgIpc) is 3.55. The van der Waals surface area contributed by atoms with Crippen molar-refractivity contribution in [2.24, 2.45) is 41.4 Å². The number of ketones is 1. The smallest absolute Gasteiger partial charge is 0.345 e. The van der Waals surface area contributed by atoms with Crippen LogP contribution in [0.4, 0.5) is 0 Å². The Morgan fingerprint density at radius 3 is 2.42 bits per heavy atom. The fourth-order valence-electron chi connectivity index (χ4n) is 8.06. The van der Waals surface area contributed by atoms with Crippen molar-refractivity contribution in [1.82, 2.24) is 0 Å². The molecule has 3 aliphatic heterocycles. The molecule has 43 heavy (non-hydrogen) atoms. The van der Waals surface area contributed by atoms with Crippen molar-refractivity contribution in [2.75, 3.05) is 20.3 Å². The second kappa shape index (κ2) is 14.9. The van der Waals surface area contributed by atoms with Crippen LogP contribution in [0.5, 0.6) is 0 Å². The van der Waals surface area contributed by atoms with Gasteiger partial charge in [-0.2, -0.15) is 0 Å². The van der Waals surface area contributed by atoms with Gasteiger partial charge in [0.2, 0.25) is 5.78 Å². The van der Waals surface area contributed by atoms with Gasteiger partial charge in [-0.15, -0.1) is 0 Å². The molecule has 4 rings (SSSR count). The summed E-state index contributed by atoms with van der Waals surface area (Å²) in [4.78, 5) is 24.4. The first-order chi connectivity index (χ1) is 20.5. The molecule has 4 fully saturated rings. The Kier molecular flexibility index (Phi) is 11.7. The fraction of sp³-hybridized carbons (Fsp3) is 0.771. The molecule has 0 aromatic rings. The van der Waals surface area contributed by atoms with Gasteiger partial charge < -0.3 is 29.2 Å². The van der Waals surface area contributed by atoms with Crippen LogP contribution in [0, 0.1) is 41.4 Å². The summed E-state index contributed by atoms with van der Waals surface area (Å²) >= 11 is 0. The zero-order valence-electron chi connectivity index (χ0n) is 27.2. The van der Waals surface area contributed by atoms with E-state index < -0.39 is 17.7 Å². The highest BCUT2D eigenvalue weighted by Gasteiger charge is 2.41. The fourth-order valence-corrected chi connectivity index (χ4v) is 8.06. The van der Waals surface area contributed by atoms with Crippen molar-refractivity contribution in [3.63, 3.8) is 0 Å². The number of allylic oxidation sites excluding steroid dienone is 2. The van der Waals surface area contributed by atoms with Gasteiger partial charge in [0.25, 0.3) is 0 Å². The Morgan fingerprint density at radius 1 is 1.02 bits per heavy atom. The van der Waals surface area contributed by atoms with Crippen LogP contribution in [0.2, 0.25) is 0 Å². The highest BCUT2D eigenvalue weighted by atomic mass is 16.6. The van der Waals surface area contributed by atoms with Gasteiger partial charge in [0.05, 0.1) is 37.1 Å². The maximum absolute atomic E-state index is 12.3. The van der Waals surface area contributed by atoms with Crippen molar-refractivity contribution in [2.45, 2.75) is 111 Å². The van der Waals surface area contributed by atoms with Gasteiger partial charge >= 0.3 is 5.97 Å². The van der Waals surface area contributed by atoms with E-state index >= 15 is 0 Å². The molecular weight excluding hydrogens is 548 g/mol. The second-order valence-electron chi connectivity index (χ2n) is 13.8. The first kappa shape index (κ1) is 33.9. The second-order valence-corrected chi connectivity index (χ2v) is 13.8. The minimum absolute atomic E-state index is 0.0116. The summed E-state index contributed by atoms with van der Waals surface area (Å²) < 4.78 is 23.4. The minimum atomic E-state index is -0.739.